The highest BCUT2D eigenvalue weighted by Gasteiger charge is 2.16. The van der Waals surface area contributed by atoms with Crippen LogP contribution in [0.3, 0.4) is 0 Å². The molecule has 0 aliphatic heterocycles. The fourth-order valence-corrected chi connectivity index (χ4v) is 2.83. The minimum Gasteiger partial charge on any atom is -0.312 e. The first kappa shape index (κ1) is 14.3. The largest absolute Gasteiger partial charge is 0.312 e. The van der Waals surface area contributed by atoms with E-state index < -0.39 is 0 Å². The van der Waals surface area contributed by atoms with Crippen LogP contribution in [0.2, 0.25) is 0 Å². The molecule has 0 amide bonds. The maximum absolute atomic E-state index is 4.18. The molecule has 4 heteroatoms. The van der Waals surface area contributed by atoms with E-state index in [-0.39, 0.29) is 0 Å². The Morgan fingerprint density at radius 1 is 1.41 bits per heavy atom. The minimum absolute atomic E-state index is 0.425. The van der Waals surface area contributed by atoms with E-state index in [9.17, 15) is 0 Å². The van der Waals surface area contributed by atoms with Gasteiger partial charge in [0.25, 0.3) is 0 Å². The zero-order valence-electron chi connectivity index (χ0n) is 10.9. The predicted octanol–water partition coefficient (Wildman–Crippen LogP) is 3.50. The minimum atomic E-state index is 0.425. The van der Waals surface area contributed by atoms with Gasteiger partial charge in [0.2, 0.25) is 0 Å². The topological polar surface area (TPSA) is 37.8 Å². The smallest absolute Gasteiger partial charge is 0.0800 e. The molecule has 17 heavy (non-hydrogen) atoms. The average Bonchev–Trinajstić information content (AvgIpc) is 2.82. The molecular formula is C13H23N3S. The fraction of sp³-hybridized carbons (Fsp3) is 0.692. The lowest BCUT2D eigenvalue weighted by Crippen LogP contribution is -2.16. The fourth-order valence-electron chi connectivity index (χ4n) is 1.95. The van der Waals surface area contributed by atoms with E-state index in [1.165, 1.54) is 42.1 Å². The molecule has 1 N–H and O–H groups in total. The summed E-state index contributed by atoms with van der Waals surface area (Å²) in [5.41, 5.74) is 1.15. The van der Waals surface area contributed by atoms with Gasteiger partial charge in [-0.1, -0.05) is 30.3 Å². The number of aromatic nitrogens is 2. The summed E-state index contributed by atoms with van der Waals surface area (Å²) in [6.07, 6.45) is 9.05. The van der Waals surface area contributed by atoms with Crippen molar-refractivity contribution in [2.45, 2.75) is 51.5 Å². The number of aryl methyl sites for hydroxylation is 1. The molecule has 0 saturated carbocycles. The molecule has 0 bridgehead atoms. The summed E-state index contributed by atoms with van der Waals surface area (Å²) in [6.45, 7) is 5.88. The summed E-state index contributed by atoms with van der Waals surface area (Å²) >= 11 is 1.54. The third-order valence-corrected chi connectivity index (χ3v) is 3.87. The van der Waals surface area contributed by atoms with Gasteiger partial charge in [-0.05, 0) is 44.3 Å². The molecule has 0 aliphatic carbocycles. The number of nitrogens with zero attached hydrogens (tertiary/aromatic N) is 2. The van der Waals surface area contributed by atoms with Gasteiger partial charge in [0.05, 0.1) is 10.6 Å². The maximum atomic E-state index is 4.18. The van der Waals surface area contributed by atoms with Gasteiger partial charge >= 0.3 is 0 Å². The first-order chi connectivity index (χ1) is 8.33. The van der Waals surface area contributed by atoms with E-state index in [0.717, 1.165) is 18.5 Å². The number of rotatable bonds is 9. The van der Waals surface area contributed by atoms with Gasteiger partial charge < -0.3 is 5.32 Å². The second kappa shape index (κ2) is 8.37. The van der Waals surface area contributed by atoms with Gasteiger partial charge in [0, 0.05) is 6.04 Å². The van der Waals surface area contributed by atoms with E-state index in [4.69, 9.17) is 0 Å². The highest BCUT2D eigenvalue weighted by molar-refractivity contribution is 7.05. The lowest BCUT2D eigenvalue weighted by molar-refractivity contribution is 0.510. The van der Waals surface area contributed by atoms with Crippen molar-refractivity contribution in [3.05, 3.63) is 23.2 Å². The molecule has 1 unspecified atom stereocenters. The molecule has 0 saturated heterocycles. The number of unbranched alkanes of at least 4 members (excludes halogenated alkanes) is 3. The monoisotopic (exact) mass is 253 g/mol. The van der Waals surface area contributed by atoms with Crippen molar-refractivity contribution in [1.82, 2.24) is 14.9 Å². The van der Waals surface area contributed by atoms with Crippen molar-refractivity contribution in [2.24, 2.45) is 0 Å². The molecule has 1 rings (SSSR count). The summed E-state index contributed by atoms with van der Waals surface area (Å²) in [4.78, 5) is 1.32. The Hall–Kier alpha value is -0.740. The molecule has 1 atom stereocenters. The van der Waals surface area contributed by atoms with Crippen LogP contribution in [0.25, 0.3) is 0 Å². The van der Waals surface area contributed by atoms with Crippen molar-refractivity contribution >= 4 is 11.5 Å². The van der Waals surface area contributed by atoms with E-state index in [0.29, 0.717) is 6.04 Å². The van der Waals surface area contributed by atoms with Crippen molar-refractivity contribution in [3.8, 4) is 0 Å². The molecular weight excluding hydrogens is 230 g/mol. The average molecular weight is 253 g/mol. The van der Waals surface area contributed by atoms with E-state index in [2.05, 4.69) is 28.4 Å². The number of hydrogen-bond acceptors (Lipinski definition) is 4. The Morgan fingerprint density at radius 3 is 2.88 bits per heavy atom. The first-order valence-corrected chi connectivity index (χ1v) is 7.20. The van der Waals surface area contributed by atoms with E-state index in [1.807, 2.05) is 13.1 Å². The van der Waals surface area contributed by atoms with Crippen molar-refractivity contribution in [1.29, 1.82) is 0 Å². The van der Waals surface area contributed by atoms with Gasteiger partial charge in [-0.2, -0.15) is 0 Å². The van der Waals surface area contributed by atoms with Crippen LogP contribution in [0.15, 0.2) is 12.7 Å². The van der Waals surface area contributed by atoms with Crippen molar-refractivity contribution in [3.63, 3.8) is 0 Å². The number of hydrogen-bond donors (Lipinski definition) is 1. The standard InChI is InChI=1S/C13H23N3S/c1-4-6-7-8-9-10-12(14-3)13-11(5-2)15-16-17-13/h4,12,14H,1,5-10H2,2-3H3. The molecule has 0 spiro atoms. The van der Waals surface area contributed by atoms with Gasteiger partial charge in [-0.3, -0.25) is 0 Å². The Kier molecular flexibility index (Phi) is 7.05. The van der Waals surface area contributed by atoms with Gasteiger partial charge in [0.1, 0.15) is 0 Å². The Morgan fingerprint density at radius 2 is 2.24 bits per heavy atom. The molecule has 3 nitrogen and oxygen atoms in total. The molecule has 1 aromatic heterocycles. The van der Waals surface area contributed by atoms with Gasteiger partial charge in [-0.25, -0.2) is 0 Å². The van der Waals surface area contributed by atoms with Crippen LogP contribution in [0.1, 0.15) is 55.6 Å². The van der Waals surface area contributed by atoms with Gasteiger partial charge in [-0.15, -0.1) is 11.7 Å². The normalized spacial score (nSPS) is 12.6. The Balaban J connectivity index is 2.40. The summed E-state index contributed by atoms with van der Waals surface area (Å²) in [7, 11) is 2.02. The van der Waals surface area contributed by atoms with Crippen LogP contribution in [0.5, 0.6) is 0 Å². The molecule has 1 heterocycles. The molecule has 0 fully saturated rings. The third-order valence-electron chi connectivity index (χ3n) is 2.99. The summed E-state index contributed by atoms with van der Waals surface area (Å²) in [5.74, 6) is 0. The van der Waals surface area contributed by atoms with Crippen LogP contribution in [-0.4, -0.2) is 16.6 Å². The maximum Gasteiger partial charge on any atom is 0.0800 e. The van der Waals surface area contributed by atoms with Crippen molar-refractivity contribution in [2.75, 3.05) is 7.05 Å². The summed E-state index contributed by atoms with van der Waals surface area (Å²) < 4.78 is 4.06. The van der Waals surface area contributed by atoms with Crippen LogP contribution >= 0.6 is 11.5 Å². The first-order valence-electron chi connectivity index (χ1n) is 6.42. The van der Waals surface area contributed by atoms with E-state index in [1.54, 1.807) is 0 Å². The van der Waals surface area contributed by atoms with E-state index >= 15 is 0 Å². The zero-order valence-corrected chi connectivity index (χ0v) is 11.7. The summed E-state index contributed by atoms with van der Waals surface area (Å²) in [6, 6.07) is 0.425. The highest BCUT2D eigenvalue weighted by Crippen LogP contribution is 2.25. The lowest BCUT2D eigenvalue weighted by atomic mass is 10.0. The zero-order chi connectivity index (χ0) is 12.5. The Bertz CT molecular complexity index is 322. The molecule has 0 radical (unpaired) electrons. The predicted molar refractivity (Wildman–Crippen MR) is 74.4 cm³/mol. The summed E-state index contributed by atoms with van der Waals surface area (Å²) in [5, 5.41) is 7.56. The van der Waals surface area contributed by atoms with Crippen LogP contribution < -0.4 is 5.32 Å². The van der Waals surface area contributed by atoms with Crippen LogP contribution in [0.4, 0.5) is 0 Å². The van der Waals surface area contributed by atoms with Crippen LogP contribution in [-0.2, 0) is 6.42 Å². The number of nitrogens with one attached hydrogen (secondary N) is 1. The SMILES string of the molecule is C=CCCCCCC(NC)c1snnc1CC. The van der Waals surface area contributed by atoms with Crippen LogP contribution in [0, 0.1) is 0 Å². The Labute approximate surface area is 108 Å². The van der Waals surface area contributed by atoms with Crippen molar-refractivity contribution < 1.29 is 0 Å². The highest BCUT2D eigenvalue weighted by atomic mass is 32.1. The second-order valence-electron chi connectivity index (χ2n) is 4.21. The second-order valence-corrected chi connectivity index (χ2v) is 4.99. The lowest BCUT2D eigenvalue weighted by Gasteiger charge is -2.14. The quantitative estimate of drug-likeness (QED) is 0.540. The molecule has 96 valence electrons. The third kappa shape index (κ3) is 4.56. The molecule has 1 aromatic rings. The number of allylic oxidation sites excluding steroid dienone is 1. The van der Waals surface area contributed by atoms with Gasteiger partial charge in [0.15, 0.2) is 0 Å². The molecule has 0 aliphatic rings. The molecule has 0 aromatic carbocycles.